The Morgan fingerprint density at radius 1 is 1.48 bits per heavy atom. The van der Waals surface area contributed by atoms with Crippen molar-refractivity contribution in [3.05, 3.63) is 41.4 Å². The van der Waals surface area contributed by atoms with Crippen LogP contribution in [0.3, 0.4) is 0 Å². The lowest BCUT2D eigenvalue weighted by atomic mass is 10.2. The molecule has 120 valence electrons. The minimum absolute atomic E-state index is 0.0180. The molecule has 1 atom stereocenters. The van der Waals surface area contributed by atoms with E-state index >= 15 is 0 Å². The lowest BCUT2D eigenvalue weighted by Gasteiger charge is -2.11. The zero-order valence-corrected chi connectivity index (χ0v) is 13.7. The molecule has 0 radical (unpaired) electrons. The Morgan fingerprint density at radius 2 is 2.35 bits per heavy atom. The number of aryl methyl sites for hydroxylation is 1. The highest BCUT2D eigenvalue weighted by molar-refractivity contribution is 7.13. The molecule has 8 heteroatoms. The first-order valence-corrected chi connectivity index (χ1v) is 8.15. The molecule has 0 aliphatic carbocycles. The second kappa shape index (κ2) is 6.74. The van der Waals surface area contributed by atoms with E-state index in [0.717, 1.165) is 17.1 Å². The molecule has 0 saturated carbocycles. The van der Waals surface area contributed by atoms with E-state index in [4.69, 9.17) is 4.52 Å². The number of aromatic nitrogens is 4. The van der Waals surface area contributed by atoms with Gasteiger partial charge >= 0.3 is 11.8 Å². The molecular weight excluding hydrogens is 314 g/mol. The predicted octanol–water partition coefficient (Wildman–Crippen LogP) is 2.37. The molecule has 0 bridgehead atoms. The average Bonchev–Trinajstić information content (AvgIpc) is 3.25. The van der Waals surface area contributed by atoms with E-state index in [2.05, 4.69) is 20.6 Å². The van der Waals surface area contributed by atoms with Crippen molar-refractivity contribution in [1.82, 2.24) is 25.2 Å². The third-order valence-corrected chi connectivity index (χ3v) is 4.11. The van der Waals surface area contributed by atoms with Gasteiger partial charge in [-0.3, -0.25) is 9.48 Å². The highest BCUT2D eigenvalue weighted by atomic mass is 32.1. The Morgan fingerprint density at radius 3 is 3.04 bits per heavy atom. The van der Waals surface area contributed by atoms with E-state index in [9.17, 15) is 4.79 Å². The summed E-state index contributed by atoms with van der Waals surface area (Å²) in [7, 11) is 0. The van der Waals surface area contributed by atoms with Crippen LogP contribution < -0.4 is 5.32 Å². The van der Waals surface area contributed by atoms with Crippen molar-refractivity contribution in [2.75, 3.05) is 6.54 Å². The molecule has 1 amide bonds. The topological polar surface area (TPSA) is 85.8 Å². The highest BCUT2D eigenvalue weighted by Gasteiger charge is 2.17. The molecule has 0 aliphatic heterocycles. The lowest BCUT2D eigenvalue weighted by Crippen LogP contribution is -2.30. The van der Waals surface area contributed by atoms with E-state index < -0.39 is 0 Å². The SMILES string of the molecule is Cc1ccn(C[C@@H](C)CNC(=O)c2nc(-c3cccs3)no2)n1. The normalized spacial score (nSPS) is 12.3. The number of carbonyl (C=O) groups is 1. The van der Waals surface area contributed by atoms with E-state index in [0.29, 0.717) is 12.4 Å². The molecule has 3 rings (SSSR count). The van der Waals surface area contributed by atoms with Gasteiger partial charge < -0.3 is 9.84 Å². The molecule has 3 aromatic rings. The van der Waals surface area contributed by atoms with Gasteiger partial charge in [0, 0.05) is 19.3 Å². The fraction of sp³-hybridized carbons (Fsp3) is 0.333. The first kappa shape index (κ1) is 15.4. The van der Waals surface area contributed by atoms with Gasteiger partial charge in [0.1, 0.15) is 0 Å². The second-order valence-electron chi connectivity index (χ2n) is 5.39. The number of amides is 1. The summed E-state index contributed by atoms with van der Waals surface area (Å²) in [5, 5.41) is 12.9. The zero-order valence-electron chi connectivity index (χ0n) is 12.9. The van der Waals surface area contributed by atoms with Crippen molar-refractivity contribution >= 4 is 17.2 Å². The predicted molar refractivity (Wildman–Crippen MR) is 86.1 cm³/mol. The van der Waals surface area contributed by atoms with Crippen LogP contribution in [-0.4, -0.2) is 32.4 Å². The molecule has 7 nitrogen and oxygen atoms in total. The van der Waals surface area contributed by atoms with E-state index in [1.807, 2.05) is 48.3 Å². The van der Waals surface area contributed by atoms with Crippen LogP contribution in [0.1, 0.15) is 23.3 Å². The van der Waals surface area contributed by atoms with Gasteiger partial charge in [-0.25, -0.2) is 0 Å². The van der Waals surface area contributed by atoms with Gasteiger partial charge in [0.2, 0.25) is 5.82 Å². The maximum absolute atomic E-state index is 12.1. The van der Waals surface area contributed by atoms with Crippen LogP contribution in [0.15, 0.2) is 34.3 Å². The number of hydrogen-bond donors (Lipinski definition) is 1. The summed E-state index contributed by atoms with van der Waals surface area (Å²) in [4.78, 5) is 17.1. The largest absolute Gasteiger partial charge is 0.347 e. The van der Waals surface area contributed by atoms with Crippen LogP contribution in [0.2, 0.25) is 0 Å². The van der Waals surface area contributed by atoms with Gasteiger partial charge in [0.15, 0.2) is 0 Å². The molecule has 1 N–H and O–H groups in total. The quantitative estimate of drug-likeness (QED) is 0.749. The van der Waals surface area contributed by atoms with Gasteiger partial charge in [0.25, 0.3) is 0 Å². The molecule has 0 fully saturated rings. The van der Waals surface area contributed by atoms with Crippen LogP contribution in [0.25, 0.3) is 10.7 Å². The van der Waals surface area contributed by atoms with Crippen LogP contribution in [0.5, 0.6) is 0 Å². The number of nitrogens with one attached hydrogen (secondary N) is 1. The van der Waals surface area contributed by atoms with E-state index in [1.54, 1.807) is 0 Å². The maximum atomic E-state index is 12.1. The molecule has 3 heterocycles. The molecule has 0 aliphatic rings. The fourth-order valence-corrected chi connectivity index (χ4v) is 2.76. The Labute approximate surface area is 137 Å². The molecular formula is C15H17N5O2S. The molecule has 3 aromatic heterocycles. The summed E-state index contributed by atoms with van der Waals surface area (Å²) < 4.78 is 6.89. The third-order valence-electron chi connectivity index (χ3n) is 3.25. The molecule has 0 unspecified atom stereocenters. The summed E-state index contributed by atoms with van der Waals surface area (Å²) in [6.45, 7) is 5.23. The summed E-state index contributed by atoms with van der Waals surface area (Å²) in [6, 6.07) is 5.73. The standard InChI is InChI=1S/C15H17N5O2S/c1-10(9-20-6-5-11(2)18-20)8-16-14(21)15-17-13(19-22-15)12-4-3-7-23-12/h3-7,10H,8-9H2,1-2H3,(H,16,21)/t10-/m0/s1. The zero-order chi connectivity index (χ0) is 16.2. The van der Waals surface area contributed by atoms with Crippen molar-refractivity contribution in [1.29, 1.82) is 0 Å². The Bertz CT molecular complexity index is 778. The highest BCUT2D eigenvalue weighted by Crippen LogP contribution is 2.21. The molecule has 23 heavy (non-hydrogen) atoms. The number of rotatable bonds is 6. The van der Waals surface area contributed by atoms with Crippen LogP contribution in [0, 0.1) is 12.8 Å². The second-order valence-corrected chi connectivity index (χ2v) is 6.34. The van der Waals surface area contributed by atoms with Gasteiger partial charge in [0.05, 0.1) is 10.6 Å². The Hall–Kier alpha value is -2.48. The summed E-state index contributed by atoms with van der Waals surface area (Å²) in [5.74, 6) is 0.294. The van der Waals surface area contributed by atoms with Crippen LogP contribution in [-0.2, 0) is 6.54 Å². The summed E-state index contributed by atoms with van der Waals surface area (Å²) in [5.41, 5.74) is 0.980. The van der Waals surface area contributed by atoms with Crippen molar-refractivity contribution in [3.8, 4) is 10.7 Å². The van der Waals surface area contributed by atoms with Gasteiger partial charge in [-0.05, 0) is 30.4 Å². The van der Waals surface area contributed by atoms with Gasteiger partial charge in [-0.2, -0.15) is 10.1 Å². The van der Waals surface area contributed by atoms with Crippen molar-refractivity contribution in [3.63, 3.8) is 0 Å². The van der Waals surface area contributed by atoms with Crippen LogP contribution in [0.4, 0.5) is 0 Å². The third kappa shape index (κ3) is 3.84. The minimum atomic E-state index is -0.358. The minimum Gasteiger partial charge on any atom is -0.347 e. The summed E-state index contributed by atoms with van der Waals surface area (Å²) in [6.07, 6.45) is 1.93. The van der Waals surface area contributed by atoms with E-state index in [-0.39, 0.29) is 17.7 Å². The summed E-state index contributed by atoms with van der Waals surface area (Å²) >= 11 is 1.50. The van der Waals surface area contributed by atoms with Crippen molar-refractivity contribution < 1.29 is 9.32 Å². The first-order valence-electron chi connectivity index (χ1n) is 7.27. The van der Waals surface area contributed by atoms with Crippen LogP contribution >= 0.6 is 11.3 Å². The smallest absolute Gasteiger partial charge is 0.316 e. The Balaban J connectivity index is 1.53. The number of hydrogen-bond acceptors (Lipinski definition) is 6. The van der Waals surface area contributed by atoms with Crippen molar-refractivity contribution in [2.45, 2.75) is 20.4 Å². The monoisotopic (exact) mass is 331 g/mol. The lowest BCUT2D eigenvalue weighted by molar-refractivity contribution is 0.0902. The molecule has 0 saturated heterocycles. The maximum Gasteiger partial charge on any atom is 0.316 e. The number of nitrogens with zero attached hydrogens (tertiary/aromatic N) is 4. The fourth-order valence-electron chi connectivity index (χ4n) is 2.11. The molecule has 0 aromatic carbocycles. The number of carbonyl (C=O) groups excluding carboxylic acids is 1. The average molecular weight is 331 g/mol. The van der Waals surface area contributed by atoms with E-state index in [1.165, 1.54) is 11.3 Å². The first-order chi connectivity index (χ1) is 11.1. The van der Waals surface area contributed by atoms with Gasteiger partial charge in [-0.1, -0.05) is 18.1 Å². The van der Waals surface area contributed by atoms with Gasteiger partial charge in [-0.15, -0.1) is 11.3 Å². The molecule has 0 spiro atoms. The number of thiophene rings is 1. The van der Waals surface area contributed by atoms with Crippen molar-refractivity contribution in [2.24, 2.45) is 5.92 Å². The Kier molecular flexibility index (Phi) is 4.52.